The number of rotatable bonds is 6. The van der Waals surface area contributed by atoms with Gasteiger partial charge in [-0.05, 0) is 50.2 Å². The molecule has 5 heteroatoms. The maximum atomic E-state index is 12.5. The molecule has 0 aliphatic rings. The highest BCUT2D eigenvalue weighted by Crippen LogP contribution is 2.25. The maximum Gasteiger partial charge on any atom is 0.274 e. The van der Waals surface area contributed by atoms with Gasteiger partial charge in [0.1, 0.15) is 11.4 Å². The molecule has 5 nitrogen and oxygen atoms in total. The minimum atomic E-state index is -0.281. The highest BCUT2D eigenvalue weighted by atomic mass is 16.5. The number of carbonyl (C=O) groups is 1. The fourth-order valence-electron chi connectivity index (χ4n) is 2.40. The number of ether oxygens (including phenoxy) is 1. The minimum absolute atomic E-state index is 0.0227. The van der Waals surface area contributed by atoms with Crippen molar-refractivity contribution >= 4 is 23.0 Å². The van der Waals surface area contributed by atoms with Gasteiger partial charge >= 0.3 is 0 Å². The Morgan fingerprint density at radius 3 is 2.35 bits per heavy atom. The molecular weight excluding hydrogens is 326 g/mol. The average molecular weight is 347 g/mol. The predicted molar refractivity (Wildman–Crippen MR) is 104 cm³/mol. The molecule has 3 aromatic rings. The Kier molecular flexibility index (Phi) is 5.49. The van der Waals surface area contributed by atoms with Crippen LogP contribution in [-0.4, -0.2) is 17.0 Å². The summed E-state index contributed by atoms with van der Waals surface area (Å²) in [5.41, 5.74) is 2.74. The first-order chi connectivity index (χ1) is 12.6. The Balaban J connectivity index is 1.69. The van der Waals surface area contributed by atoms with Crippen molar-refractivity contribution in [2.45, 2.75) is 20.0 Å². The SMILES string of the molecule is CC(C)Oc1ccccc1NC(=O)c1ccc(Nc2ccccc2)cn1. The van der Waals surface area contributed by atoms with Crippen LogP contribution in [0.5, 0.6) is 5.75 Å². The van der Waals surface area contributed by atoms with Gasteiger partial charge in [-0.1, -0.05) is 30.3 Å². The molecule has 0 radical (unpaired) electrons. The molecule has 0 atom stereocenters. The van der Waals surface area contributed by atoms with E-state index in [9.17, 15) is 4.79 Å². The van der Waals surface area contributed by atoms with Gasteiger partial charge in [-0.3, -0.25) is 4.79 Å². The monoisotopic (exact) mass is 347 g/mol. The lowest BCUT2D eigenvalue weighted by Crippen LogP contribution is -2.15. The zero-order valence-electron chi connectivity index (χ0n) is 14.8. The molecule has 0 fully saturated rings. The van der Waals surface area contributed by atoms with Crippen molar-refractivity contribution in [3.63, 3.8) is 0 Å². The number of hydrogen-bond acceptors (Lipinski definition) is 4. The van der Waals surface area contributed by atoms with Gasteiger partial charge in [0.05, 0.1) is 23.7 Å². The van der Waals surface area contributed by atoms with Crippen LogP contribution >= 0.6 is 0 Å². The molecule has 2 N–H and O–H groups in total. The molecule has 0 aliphatic carbocycles. The molecule has 0 saturated carbocycles. The lowest BCUT2D eigenvalue weighted by atomic mass is 10.2. The van der Waals surface area contributed by atoms with Crippen LogP contribution in [0.4, 0.5) is 17.1 Å². The number of benzene rings is 2. The molecule has 1 amide bonds. The largest absolute Gasteiger partial charge is 0.489 e. The second-order valence-corrected chi connectivity index (χ2v) is 6.04. The lowest BCUT2D eigenvalue weighted by Gasteiger charge is -2.14. The van der Waals surface area contributed by atoms with E-state index in [-0.39, 0.29) is 12.0 Å². The molecule has 0 unspecified atom stereocenters. The standard InChI is InChI=1S/C21H21N3O2/c1-15(2)26-20-11-7-6-10-18(20)24-21(25)19-13-12-17(14-22-19)23-16-8-4-3-5-9-16/h3-15,23H,1-2H3,(H,24,25). The summed E-state index contributed by atoms with van der Waals surface area (Å²) < 4.78 is 5.72. The zero-order chi connectivity index (χ0) is 18.4. The third-order valence-electron chi connectivity index (χ3n) is 3.56. The second-order valence-electron chi connectivity index (χ2n) is 6.04. The van der Waals surface area contributed by atoms with Crippen LogP contribution in [0.1, 0.15) is 24.3 Å². The number of aromatic nitrogens is 1. The van der Waals surface area contributed by atoms with Crippen LogP contribution in [0, 0.1) is 0 Å². The van der Waals surface area contributed by atoms with Gasteiger partial charge in [0.25, 0.3) is 5.91 Å². The Hall–Kier alpha value is -3.34. The summed E-state index contributed by atoms with van der Waals surface area (Å²) in [7, 11) is 0. The van der Waals surface area contributed by atoms with Gasteiger partial charge in [-0.2, -0.15) is 0 Å². The topological polar surface area (TPSA) is 63.2 Å². The summed E-state index contributed by atoms with van der Waals surface area (Å²) in [6.07, 6.45) is 1.66. The van der Waals surface area contributed by atoms with Crippen molar-refractivity contribution in [3.8, 4) is 5.75 Å². The molecule has 2 aromatic carbocycles. The fourth-order valence-corrected chi connectivity index (χ4v) is 2.40. The molecule has 0 spiro atoms. The van der Waals surface area contributed by atoms with Gasteiger partial charge in [-0.15, -0.1) is 0 Å². The van der Waals surface area contributed by atoms with Crippen LogP contribution in [-0.2, 0) is 0 Å². The summed E-state index contributed by atoms with van der Waals surface area (Å²) in [6.45, 7) is 3.89. The van der Waals surface area contributed by atoms with Crippen LogP contribution in [0.2, 0.25) is 0 Å². The van der Waals surface area contributed by atoms with Crippen molar-refractivity contribution in [3.05, 3.63) is 78.6 Å². The van der Waals surface area contributed by atoms with E-state index >= 15 is 0 Å². The Labute approximate surface area is 153 Å². The molecular formula is C21H21N3O2. The first-order valence-corrected chi connectivity index (χ1v) is 8.47. The number of anilines is 3. The van der Waals surface area contributed by atoms with Crippen LogP contribution in [0.15, 0.2) is 72.9 Å². The van der Waals surface area contributed by atoms with E-state index < -0.39 is 0 Å². The lowest BCUT2D eigenvalue weighted by molar-refractivity contribution is 0.102. The van der Waals surface area contributed by atoms with Crippen LogP contribution in [0.3, 0.4) is 0 Å². The smallest absolute Gasteiger partial charge is 0.274 e. The summed E-state index contributed by atoms with van der Waals surface area (Å²) >= 11 is 0. The van der Waals surface area contributed by atoms with Crippen LogP contribution < -0.4 is 15.4 Å². The molecule has 132 valence electrons. The first-order valence-electron chi connectivity index (χ1n) is 8.47. The second kappa shape index (κ2) is 8.16. The van der Waals surface area contributed by atoms with Crippen LogP contribution in [0.25, 0.3) is 0 Å². The van der Waals surface area contributed by atoms with Crippen molar-refractivity contribution < 1.29 is 9.53 Å². The van der Waals surface area contributed by atoms with E-state index in [1.807, 2.05) is 68.4 Å². The molecule has 1 aromatic heterocycles. The number of amides is 1. The molecule has 0 aliphatic heterocycles. The predicted octanol–water partition coefficient (Wildman–Crippen LogP) is 4.86. The van der Waals surface area contributed by atoms with E-state index in [0.29, 0.717) is 17.1 Å². The van der Waals surface area contributed by atoms with Gasteiger partial charge in [0.2, 0.25) is 0 Å². The van der Waals surface area contributed by atoms with Gasteiger partial charge in [0.15, 0.2) is 0 Å². The Bertz CT molecular complexity index is 862. The third kappa shape index (κ3) is 4.60. The van der Waals surface area contributed by atoms with Gasteiger partial charge in [0, 0.05) is 5.69 Å². The van der Waals surface area contributed by atoms with Crippen molar-refractivity contribution in [2.24, 2.45) is 0 Å². The summed E-state index contributed by atoms with van der Waals surface area (Å²) in [4.78, 5) is 16.7. The van der Waals surface area contributed by atoms with E-state index in [2.05, 4.69) is 15.6 Å². The zero-order valence-corrected chi connectivity index (χ0v) is 14.8. The number of carbonyl (C=O) groups excluding carboxylic acids is 1. The van der Waals surface area contributed by atoms with E-state index in [1.54, 1.807) is 18.3 Å². The van der Waals surface area contributed by atoms with Crippen molar-refractivity contribution in [1.29, 1.82) is 0 Å². The number of nitrogens with zero attached hydrogens (tertiary/aromatic N) is 1. The minimum Gasteiger partial charge on any atom is -0.489 e. The maximum absolute atomic E-state index is 12.5. The number of nitrogens with one attached hydrogen (secondary N) is 2. The summed E-state index contributed by atoms with van der Waals surface area (Å²) in [5, 5.41) is 6.09. The van der Waals surface area contributed by atoms with Gasteiger partial charge in [-0.25, -0.2) is 4.98 Å². The quantitative estimate of drug-likeness (QED) is 0.668. The Morgan fingerprint density at radius 2 is 1.65 bits per heavy atom. The number of pyridine rings is 1. The fraction of sp³-hybridized carbons (Fsp3) is 0.143. The van der Waals surface area contributed by atoms with E-state index in [0.717, 1.165) is 11.4 Å². The Morgan fingerprint density at radius 1 is 0.923 bits per heavy atom. The number of hydrogen-bond donors (Lipinski definition) is 2. The third-order valence-corrected chi connectivity index (χ3v) is 3.56. The molecule has 26 heavy (non-hydrogen) atoms. The normalized spacial score (nSPS) is 10.4. The highest BCUT2D eigenvalue weighted by molar-refractivity contribution is 6.03. The van der Waals surface area contributed by atoms with E-state index in [4.69, 9.17) is 4.74 Å². The molecule has 0 saturated heterocycles. The summed E-state index contributed by atoms with van der Waals surface area (Å²) in [6, 6.07) is 20.7. The first kappa shape index (κ1) is 17.5. The van der Waals surface area contributed by atoms with Crippen molar-refractivity contribution in [1.82, 2.24) is 4.98 Å². The van der Waals surface area contributed by atoms with E-state index in [1.165, 1.54) is 0 Å². The molecule has 1 heterocycles. The van der Waals surface area contributed by atoms with Crippen molar-refractivity contribution in [2.75, 3.05) is 10.6 Å². The molecule has 0 bridgehead atoms. The number of para-hydroxylation sites is 3. The summed E-state index contributed by atoms with van der Waals surface area (Å²) in [5.74, 6) is 0.356. The van der Waals surface area contributed by atoms with Gasteiger partial charge < -0.3 is 15.4 Å². The average Bonchev–Trinajstić information content (AvgIpc) is 2.64. The molecule has 3 rings (SSSR count). The highest BCUT2D eigenvalue weighted by Gasteiger charge is 2.11.